The number of nitrogens with one attached hydrogen (secondary N) is 2. The number of H-pyrrole nitrogens is 1. The van der Waals surface area contributed by atoms with Crippen LogP contribution in [0.3, 0.4) is 0 Å². The molecule has 0 saturated carbocycles. The van der Waals surface area contributed by atoms with Gasteiger partial charge in [-0.3, -0.25) is 4.79 Å². The number of nitrogens with zero attached hydrogens (tertiary/aromatic N) is 1. The van der Waals surface area contributed by atoms with Gasteiger partial charge in [-0.15, -0.1) is 11.3 Å². The molecule has 3 aromatic heterocycles. The second-order valence-electron chi connectivity index (χ2n) is 5.11. The smallest absolute Gasteiger partial charge is 0.257 e. The zero-order valence-corrected chi connectivity index (χ0v) is 13.0. The van der Waals surface area contributed by atoms with Crippen LogP contribution in [0.4, 0.5) is 5.13 Å². The number of pyridine rings is 1. The van der Waals surface area contributed by atoms with E-state index in [4.69, 9.17) is 4.42 Å². The maximum atomic E-state index is 11.8. The van der Waals surface area contributed by atoms with Gasteiger partial charge in [0.1, 0.15) is 5.76 Å². The molecular formula is C16H17N3O2S. The lowest BCUT2D eigenvalue weighted by molar-refractivity contribution is 0.495. The standard InChI is InChI=1S/C16H17N3O2S/c1-11(6-7-12-4-3-9-21-12)18-16-19-14(10-22-16)13-5-2-8-17-15(13)20/h2-5,8-11H,6-7H2,1H3,(H,17,20)(H,18,19)/t11-/m0/s1. The summed E-state index contributed by atoms with van der Waals surface area (Å²) in [6.07, 6.45) is 5.15. The summed E-state index contributed by atoms with van der Waals surface area (Å²) in [4.78, 5) is 18.9. The quantitative estimate of drug-likeness (QED) is 0.730. The van der Waals surface area contributed by atoms with E-state index in [0.29, 0.717) is 11.3 Å². The Bertz CT molecular complexity index is 777. The highest BCUT2D eigenvalue weighted by molar-refractivity contribution is 7.14. The van der Waals surface area contributed by atoms with Crippen molar-refractivity contribution in [2.45, 2.75) is 25.8 Å². The first-order chi connectivity index (χ1) is 10.7. The van der Waals surface area contributed by atoms with Gasteiger partial charge in [0.15, 0.2) is 5.13 Å². The highest BCUT2D eigenvalue weighted by Gasteiger charge is 2.10. The van der Waals surface area contributed by atoms with Gasteiger partial charge in [-0.1, -0.05) is 0 Å². The maximum absolute atomic E-state index is 11.8. The molecule has 3 rings (SSSR count). The van der Waals surface area contributed by atoms with Gasteiger partial charge in [0.05, 0.1) is 17.5 Å². The molecule has 0 aliphatic rings. The monoisotopic (exact) mass is 315 g/mol. The molecule has 22 heavy (non-hydrogen) atoms. The van der Waals surface area contributed by atoms with Crippen LogP contribution >= 0.6 is 11.3 Å². The van der Waals surface area contributed by atoms with Crippen molar-refractivity contribution in [1.29, 1.82) is 0 Å². The number of aryl methyl sites for hydroxylation is 1. The summed E-state index contributed by atoms with van der Waals surface area (Å²) >= 11 is 1.51. The van der Waals surface area contributed by atoms with Crippen LogP contribution in [0, 0.1) is 0 Å². The summed E-state index contributed by atoms with van der Waals surface area (Å²) in [6, 6.07) is 7.74. The first-order valence-electron chi connectivity index (χ1n) is 7.15. The molecule has 6 heteroatoms. The third-order valence-electron chi connectivity index (χ3n) is 3.37. The molecule has 0 aliphatic heterocycles. The van der Waals surface area contributed by atoms with E-state index in [1.807, 2.05) is 17.5 Å². The van der Waals surface area contributed by atoms with E-state index in [1.165, 1.54) is 11.3 Å². The predicted molar refractivity (Wildman–Crippen MR) is 88.3 cm³/mol. The molecule has 0 saturated heterocycles. The van der Waals surface area contributed by atoms with Crippen molar-refractivity contribution in [3.63, 3.8) is 0 Å². The summed E-state index contributed by atoms with van der Waals surface area (Å²) in [5.74, 6) is 0.990. The minimum Gasteiger partial charge on any atom is -0.469 e. The van der Waals surface area contributed by atoms with Gasteiger partial charge in [-0.2, -0.15) is 0 Å². The number of hydrogen-bond acceptors (Lipinski definition) is 5. The number of aromatic amines is 1. The Hall–Kier alpha value is -2.34. The van der Waals surface area contributed by atoms with Crippen LogP contribution in [0.25, 0.3) is 11.3 Å². The van der Waals surface area contributed by atoms with Gasteiger partial charge in [-0.25, -0.2) is 4.98 Å². The second-order valence-corrected chi connectivity index (χ2v) is 5.97. The van der Waals surface area contributed by atoms with E-state index >= 15 is 0 Å². The van der Waals surface area contributed by atoms with Crippen LogP contribution in [0.5, 0.6) is 0 Å². The molecule has 0 spiro atoms. The molecule has 0 aromatic carbocycles. The molecule has 114 valence electrons. The van der Waals surface area contributed by atoms with Crippen molar-refractivity contribution < 1.29 is 4.42 Å². The topological polar surface area (TPSA) is 70.9 Å². The normalized spacial score (nSPS) is 12.2. The molecular weight excluding hydrogens is 298 g/mol. The Morgan fingerprint density at radius 1 is 1.41 bits per heavy atom. The van der Waals surface area contributed by atoms with Gasteiger partial charge in [0.25, 0.3) is 5.56 Å². The van der Waals surface area contributed by atoms with E-state index in [9.17, 15) is 4.79 Å². The van der Waals surface area contributed by atoms with Crippen molar-refractivity contribution in [3.8, 4) is 11.3 Å². The predicted octanol–water partition coefficient (Wildman–Crippen LogP) is 3.52. The lowest BCUT2D eigenvalue weighted by Gasteiger charge is -2.11. The van der Waals surface area contributed by atoms with Gasteiger partial charge < -0.3 is 14.7 Å². The summed E-state index contributed by atoms with van der Waals surface area (Å²) in [5, 5.41) is 6.09. The third-order valence-corrected chi connectivity index (χ3v) is 4.15. The van der Waals surface area contributed by atoms with E-state index in [0.717, 1.165) is 23.7 Å². The van der Waals surface area contributed by atoms with Crippen LogP contribution in [0.1, 0.15) is 19.1 Å². The molecule has 0 aliphatic carbocycles. The fraction of sp³-hybridized carbons (Fsp3) is 0.250. The molecule has 0 fully saturated rings. The molecule has 0 amide bonds. The first kappa shape index (κ1) is 14.6. The Kier molecular flexibility index (Phi) is 4.39. The van der Waals surface area contributed by atoms with Crippen molar-refractivity contribution in [2.24, 2.45) is 0 Å². The van der Waals surface area contributed by atoms with E-state index in [2.05, 4.69) is 22.2 Å². The number of aromatic nitrogens is 2. The van der Waals surface area contributed by atoms with Crippen molar-refractivity contribution >= 4 is 16.5 Å². The number of anilines is 1. The fourth-order valence-corrected chi connectivity index (χ4v) is 3.01. The van der Waals surface area contributed by atoms with Gasteiger partial charge in [-0.05, 0) is 37.6 Å². The number of thiazole rings is 1. The number of rotatable bonds is 6. The highest BCUT2D eigenvalue weighted by atomic mass is 32.1. The Balaban J connectivity index is 1.62. The fourth-order valence-electron chi connectivity index (χ4n) is 2.18. The molecule has 0 radical (unpaired) electrons. The summed E-state index contributed by atoms with van der Waals surface area (Å²) in [5.41, 5.74) is 1.17. The molecule has 1 atom stereocenters. The van der Waals surface area contributed by atoms with Crippen molar-refractivity contribution in [3.05, 3.63) is 58.2 Å². The molecule has 0 bridgehead atoms. The molecule has 0 unspecified atom stereocenters. The summed E-state index contributed by atoms with van der Waals surface area (Å²) in [7, 11) is 0. The third kappa shape index (κ3) is 3.46. The molecule has 5 nitrogen and oxygen atoms in total. The van der Waals surface area contributed by atoms with Crippen molar-refractivity contribution in [1.82, 2.24) is 9.97 Å². The lowest BCUT2D eigenvalue weighted by atomic mass is 10.1. The van der Waals surface area contributed by atoms with Gasteiger partial charge in [0, 0.05) is 24.0 Å². The van der Waals surface area contributed by atoms with Gasteiger partial charge >= 0.3 is 0 Å². The molecule has 3 heterocycles. The van der Waals surface area contributed by atoms with Crippen LogP contribution in [0.15, 0.2) is 51.3 Å². The van der Waals surface area contributed by atoms with Crippen LogP contribution in [-0.4, -0.2) is 16.0 Å². The second kappa shape index (κ2) is 6.62. The van der Waals surface area contributed by atoms with E-state index in [1.54, 1.807) is 24.6 Å². The molecule has 2 N–H and O–H groups in total. The van der Waals surface area contributed by atoms with Gasteiger partial charge in [0.2, 0.25) is 0 Å². The van der Waals surface area contributed by atoms with Crippen molar-refractivity contribution in [2.75, 3.05) is 5.32 Å². The average molecular weight is 315 g/mol. The lowest BCUT2D eigenvalue weighted by Crippen LogP contribution is -2.15. The average Bonchev–Trinajstić information content (AvgIpc) is 3.17. The SMILES string of the molecule is C[C@@H](CCc1ccco1)Nc1nc(-c2ccc[nH]c2=O)cs1. The Labute approximate surface area is 132 Å². The first-order valence-corrected chi connectivity index (χ1v) is 8.03. The summed E-state index contributed by atoms with van der Waals surface area (Å²) < 4.78 is 5.33. The zero-order chi connectivity index (χ0) is 15.4. The van der Waals surface area contributed by atoms with E-state index < -0.39 is 0 Å². The number of hydrogen-bond donors (Lipinski definition) is 2. The van der Waals surface area contributed by atoms with E-state index in [-0.39, 0.29) is 11.6 Å². The maximum Gasteiger partial charge on any atom is 0.257 e. The highest BCUT2D eigenvalue weighted by Crippen LogP contribution is 2.23. The Morgan fingerprint density at radius 2 is 2.32 bits per heavy atom. The zero-order valence-electron chi connectivity index (χ0n) is 12.2. The number of furan rings is 1. The minimum absolute atomic E-state index is 0.120. The van der Waals surface area contributed by atoms with Crippen LogP contribution in [0.2, 0.25) is 0 Å². The van der Waals surface area contributed by atoms with Crippen LogP contribution < -0.4 is 10.9 Å². The van der Waals surface area contributed by atoms with Crippen LogP contribution in [-0.2, 0) is 6.42 Å². The Morgan fingerprint density at radius 3 is 3.09 bits per heavy atom. The molecule has 3 aromatic rings. The largest absolute Gasteiger partial charge is 0.469 e. The minimum atomic E-state index is -0.120. The summed E-state index contributed by atoms with van der Waals surface area (Å²) in [6.45, 7) is 2.11.